The molecule has 0 radical (unpaired) electrons. The Morgan fingerprint density at radius 2 is 1.19 bits per heavy atom. The van der Waals surface area contributed by atoms with E-state index in [0.29, 0.717) is 0 Å². The average molecular weight is 587 g/mol. The lowest BCUT2D eigenvalue weighted by molar-refractivity contribution is -0.247. The molecule has 37 heavy (non-hydrogen) atoms. The molecule has 0 aliphatic rings. The van der Waals surface area contributed by atoms with Crippen molar-refractivity contribution in [3.8, 4) is 5.75 Å². The molecule has 0 aliphatic carbocycles. The van der Waals surface area contributed by atoms with Crippen molar-refractivity contribution in [2.75, 3.05) is 0 Å². The number of hydrogen-bond acceptors (Lipinski definition) is 7. The van der Waals surface area contributed by atoms with Gasteiger partial charge >= 0.3 is 36.7 Å². The van der Waals surface area contributed by atoms with E-state index >= 15 is 0 Å². The predicted molar refractivity (Wildman–Crippen MR) is 122 cm³/mol. The van der Waals surface area contributed by atoms with Crippen LogP contribution in [0.2, 0.25) is 0 Å². The van der Waals surface area contributed by atoms with E-state index in [9.17, 15) is 43.2 Å². The highest BCUT2D eigenvalue weighted by Gasteiger charge is 2.83. The summed E-state index contributed by atoms with van der Waals surface area (Å²) in [6.45, 7) is 12.0. The maximum absolute atomic E-state index is 14.5. The molecule has 1 rings (SSSR count). The van der Waals surface area contributed by atoms with E-state index in [1.54, 1.807) is 41.5 Å². The molecule has 1 N–H and O–H groups in total. The quantitative estimate of drug-likeness (QED) is 0.209. The van der Waals surface area contributed by atoms with E-state index in [0.717, 1.165) is 12.1 Å². The summed E-state index contributed by atoms with van der Waals surface area (Å²) in [6, 6.07) is 2.32. The molecule has 0 fully saturated rings. The molecule has 0 atom stereocenters. The van der Waals surface area contributed by atoms with Gasteiger partial charge < -0.3 is 13.7 Å². The van der Waals surface area contributed by atoms with Crippen LogP contribution >= 0.6 is 0 Å². The Morgan fingerprint density at radius 1 is 0.811 bits per heavy atom. The zero-order valence-electron chi connectivity index (χ0n) is 20.7. The van der Waals surface area contributed by atoms with E-state index in [1.165, 1.54) is 6.08 Å². The Balaban J connectivity index is 3.80. The van der Waals surface area contributed by atoms with Gasteiger partial charge in [0.15, 0.2) is 5.75 Å². The minimum atomic E-state index is -7.19. The first-order valence-corrected chi connectivity index (χ1v) is 13.2. The van der Waals surface area contributed by atoms with Crippen molar-refractivity contribution in [3.05, 3.63) is 35.4 Å². The maximum atomic E-state index is 14.5. The van der Waals surface area contributed by atoms with Crippen LogP contribution in [0.5, 0.6) is 5.75 Å². The van der Waals surface area contributed by atoms with Gasteiger partial charge in [-0.3, -0.25) is 4.55 Å². The van der Waals surface area contributed by atoms with E-state index in [-0.39, 0.29) is 16.7 Å². The van der Waals surface area contributed by atoms with E-state index < -0.39 is 66.8 Å². The van der Waals surface area contributed by atoms with Crippen LogP contribution in [0, 0.1) is 0 Å². The molecule has 1 aromatic rings. The third-order valence-corrected chi connectivity index (χ3v) is 6.56. The highest BCUT2D eigenvalue weighted by Crippen LogP contribution is 2.51. The number of alkyl halides is 6. The first kappa shape index (κ1) is 33.1. The number of hydrogen-bond donors (Lipinski definition) is 1. The molecule has 0 aromatic heterocycles. The van der Waals surface area contributed by atoms with Gasteiger partial charge in [0.1, 0.15) is 0 Å². The zero-order valence-corrected chi connectivity index (χ0v) is 22.4. The van der Waals surface area contributed by atoms with Crippen LogP contribution in [-0.2, 0) is 42.9 Å². The van der Waals surface area contributed by atoms with Crippen LogP contribution in [0.3, 0.4) is 0 Å². The van der Waals surface area contributed by atoms with Crippen LogP contribution < -0.4 is 4.18 Å². The fourth-order valence-electron chi connectivity index (χ4n) is 2.46. The fraction of sp³-hybridized carbons (Fsp3) is 0.619. The lowest BCUT2D eigenvalue weighted by atomic mass is 10.0. The second-order valence-electron chi connectivity index (χ2n) is 9.79. The van der Waals surface area contributed by atoms with E-state index in [1.807, 2.05) is 0 Å². The molecule has 16 heteroatoms. The van der Waals surface area contributed by atoms with Gasteiger partial charge in [-0.1, -0.05) is 12.7 Å². The van der Waals surface area contributed by atoms with Crippen molar-refractivity contribution in [1.29, 1.82) is 0 Å². The average Bonchev–Trinajstić information content (AvgIpc) is 2.69. The van der Waals surface area contributed by atoms with Crippen LogP contribution in [-0.4, -0.2) is 49.0 Å². The van der Waals surface area contributed by atoms with Crippen molar-refractivity contribution in [2.24, 2.45) is 0 Å². The zero-order chi connectivity index (χ0) is 29.5. The topological polar surface area (TPSA) is 116 Å². The highest BCUT2D eigenvalue weighted by molar-refractivity contribution is 7.88. The lowest BCUT2D eigenvalue weighted by Gasteiger charge is -2.30. The Hall–Kier alpha value is -1.88. The highest BCUT2D eigenvalue weighted by atomic mass is 32.2. The molecule has 1 aromatic carbocycles. The minimum absolute atomic E-state index is 0.278. The third kappa shape index (κ3) is 7.37. The number of ether oxygens (including phenoxy) is 2. The Morgan fingerprint density at radius 3 is 1.49 bits per heavy atom. The molecule has 0 amide bonds. The molecule has 0 aliphatic heterocycles. The Kier molecular flexibility index (Phi) is 9.28. The predicted octanol–water partition coefficient (Wildman–Crippen LogP) is 5.38. The molecule has 0 saturated heterocycles. The van der Waals surface area contributed by atoms with Crippen molar-refractivity contribution >= 4 is 26.3 Å². The number of benzene rings is 1. The van der Waals surface area contributed by atoms with Gasteiger partial charge in [-0.15, -0.1) is 0 Å². The number of rotatable bonds is 11. The first-order chi connectivity index (χ1) is 16.2. The second-order valence-corrected chi connectivity index (χ2v) is 12.8. The van der Waals surface area contributed by atoms with Crippen LogP contribution in [0.4, 0.5) is 26.3 Å². The molecular formula is C21H28F6O8S2. The smallest absolute Gasteiger partial charge is 0.377 e. The van der Waals surface area contributed by atoms with Gasteiger partial charge in [0, 0.05) is 11.1 Å². The van der Waals surface area contributed by atoms with Crippen molar-refractivity contribution in [1.82, 2.24) is 0 Å². The number of halogens is 6. The summed E-state index contributed by atoms with van der Waals surface area (Å²) < 4.78 is 154. The molecule has 0 unspecified atom stereocenters. The molecular weight excluding hydrogens is 558 g/mol. The fourth-order valence-corrected chi connectivity index (χ4v) is 3.96. The standard InChI is InChI=1S/C21H28F6O8S2/c1-8-13-9-14(11-33-17(2,3)4)16(15(10-13)12-34-18(5,6)7)35-37(31,32)21(26,27)19(22,23)20(24,25)36(28,29)30/h8-10H,1,11-12H2,2-7H3,(H,28,29,30). The summed E-state index contributed by atoms with van der Waals surface area (Å²) in [5.74, 6) is -8.15. The Bertz CT molecular complexity index is 1180. The summed E-state index contributed by atoms with van der Waals surface area (Å²) in [6.07, 6.45) is 1.27. The summed E-state index contributed by atoms with van der Waals surface area (Å²) in [5, 5.41) is -13.7. The van der Waals surface area contributed by atoms with E-state index in [4.69, 9.17) is 14.0 Å². The van der Waals surface area contributed by atoms with Gasteiger partial charge in [-0.05, 0) is 59.2 Å². The molecule has 0 spiro atoms. The van der Waals surface area contributed by atoms with Crippen LogP contribution in [0.1, 0.15) is 58.2 Å². The SMILES string of the molecule is C=Cc1cc(COC(C)(C)C)c(OS(=O)(=O)C(F)(F)C(F)(F)C(F)(F)S(=O)(=O)O)c(COC(C)(C)C)c1. The lowest BCUT2D eigenvalue weighted by Crippen LogP contribution is -2.61. The van der Waals surface area contributed by atoms with Crippen LogP contribution in [0.25, 0.3) is 6.08 Å². The molecule has 214 valence electrons. The molecule has 0 bridgehead atoms. The van der Waals surface area contributed by atoms with Crippen molar-refractivity contribution in [2.45, 2.75) is 82.4 Å². The molecule has 8 nitrogen and oxygen atoms in total. The summed E-state index contributed by atoms with van der Waals surface area (Å²) >= 11 is 0. The Labute approximate surface area is 211 Å². The first-order valence-electron chi connectivity index (χ1n) is 10.3. The molecule has 0 heterocycles. The van der Waals surface area contributed by atoms with Crippen LogP contribution in [0.15, 0.2) is 18.7 Å². The van der Waals surface area contributed by atoms with Gasteiger partial charge in [0.05, 0.1) is 24.4 Å². The van der Waals surface area contributed by atoms with Gasteiger partial charge in [-0.25, -0.2) is 0 Å². The maximum Gasteiger partial charge on any atom is 0.450 e. The normalized spacial score (nSPS) is 14.5. The largest absolute Gasteiger partial charge is 0.450 e. The monoisotopic (exact) mass is 586 g/mol. The van der Waals surface area contributed by atoms with Crippen molar-refractivity contribution < 1.29 is 61.4 Å². The minimum Gasteiger partial charge on any atom is -0.377 e. The van der Waals surface area contributed by atoms with E-state index in [2.05, 4.69) is 10.8 Å². The van der Waals surface area contributed by atoms with Crippen molar-refractivity contribution in [3.63, 3.8) is 0 Å². The van der Waals surface area contributed by atoms with Gasteiger partial charge in [0.2, 0.25) is 0 Å². The second kappa shape index (κ2) is 10.4. The van der Waals surface area contributed by atoms with Gasteiger partial charge in [0.25, 0.3) is 0 Å². The summed E-state index contributed by atoms with van der Waals surface area (Å²) in [5.41, 5.74) is -2.05. The molecule has 0 saturated carbocycles. The van der Waals surface area contributed by atoms with Gasteiger partial charge in [-0.2, -0.15) is 43.2 Å². The third-order valence-electron chi connectivity index (χ3n) is 4.38. The summed E-state index contributed by atoms with van der Waals surface area (Å²) in [7, 11) is -14.2. The summed E-state index contributed by atoms with van der Waals surface area (Å²) in [4.78, 5) is 0.